The van der Waals surface area contributed by atoms with Crippen LogP contribution >= 0.6 is 0 Å². The summed E-state index contributed by atoms with van der Waals surface area (Å²) in [6, 6.07) is 7.50. The Kier molecular flexibility index (Phi) is 4.19. The molecule has 0 aliphatic carbocycles. The van der Waals surface area contributed by atoms with Crippen molar-refractivity contribution in [1.29, 1.82) is 0 Å². The van der Waals surface area contributed by atoms with Crippen LogP contribution in [0, 0.1) is 5.41 Å². The number of Topliss-reactive ketones (excluding diaryl/α,β-unsaturated/α-hetero) is 1. The molecule has 2 heterocycles. The molecule has 0 saturated carbocycles. The van der Waals surface area contributed by atoms with Gasteiger partial charge in [0.15, 0.2) is 0 Å². The van der Waals surface area contributed by atoms with Gasteiger partial charge in [0.2, 0.25) is 0 Å². The van der Waals surface area contributed by atoms with Crippen molar-refractivity contribution in [3.05, 3.63) is 41.7 Å². The van der Waals surface area contributed by atoms with E-state index >= 15 is 0 Å². The lowest BCUT2D eigenvalue weighted by atomic mass is 9.72. The van der Waals surface area contributed by atoms with Crippen LogP contribution in [0.2, 0.25) is 0 Å². The molecule has 0 saturated heterocycles. The molecule has 3 rings (SSSR count). The Morgan fingerprint density at radius 3 is 2.42 bits per heavy atom. The van der Waals surface area contributed by atoms with Crippen molar-refractivity contribution in [3.63, 3.8) is 0 Å². The fourth-order valence-corrected chi connectivity index (χ4v) is 3.16. The predicted octanol–water partition coefficient (Wildman–Crippen LogP) is 3.12. The molecular formula is C20H25N3O3. The number of nitrogens with one attached hydrogen (secondary N) is 2. The maximum absolute atomic E-state index is 13.0. The summed E-state index contributed by atoms with van der Waals surface area (Å²) in [6.07, 6.45) is 1.76. The van der Waals surface area contributed by atoms with E-state index in [1.165, 1.54) is 4.90 Å². The van der Waals surface area contributed by atoms with Gasteiger partial charge in [-0.2, -0.15) is 0 Å². The minimum Gasteiger partial charge on any atom is -0.354 e. The first-order valence-electron chi connectivity index (χ1n) is 8.59. The Morgan fingerprint density at radius 1 is 1.15 bits per heavy atom. The standard InChI is InChI=1S/C20H25N3O3/c1-19(2,3)20(4)13(11-21-26-20)16-15(17(24)18(25)23(5)6)12-9-7-8-10-14(12)22-16/h7-11,21-22H,1-6H3. The van der Waals surface area contributed by atoms with Gasteiger partial charge in [-0.05, 0) is 18.4 Å². The first-order chi connectivity index (χ1) is 12.1. The molecule has 1 unspecified atom stereocenters. The molecule has 0 spiro atoms. The summed E-state index contributed by atoms with van der Waals surface area (Å²) in [6.45, 7) is 8.20. The van der Waals surface area contributed by atoms with Crippen molar-refractivity contribution >= 4 is 28.2 Å². The summed E-state index contributed by atoms with van der Waals surface area (Å²) in [5.74, 6) is -1.09. The predicted molar refractivity (Wildman–Crippen MR) is 101 cm³/mol. The van der Waals surface area contributed by atoms with Gasteiger partial charge < -0.3 is 9.88 Å². The largest absolute Gasteiger partial charge is 0.354 e. The number of ketones is 1. The van der Waals surface area contributed by atoms with E-state index in [1.807, 2.05) is 31.2 Å². The van der Waals surface area contributed by atoms with Gasteiger partial charge in [-0.1, -0.05) is 39.0 Å². The lowest BCUT2D eigenvalue weighted by Crippen LogP contribution is -2.42. The molecule has 1 aromatic heterocycles. The SMILES string of the molecule is CN(C)C(=O)C(=O)c1c(C2=CNOC2(C)C(C)(C)C)[nH]c2ccccc12. The molecule has 1 aliphatic heterocycles. The van der Waals surface area contributed by atoms with Gasteiger partial charge in [0.25, 0.3) is 11.7 Å². The summed E-state index contributed by atoms with van der Waals surface area (Å²) in [5.41, 5.74) is 4.55. The average Bonchev–Trinajstić information content (AvgIpc) is 3.13. The smallest absolute Gasteiger partial charge is 0.294 e. The molecule has 0 fully saturated rings. The Labute approximate surface area is 153 Å². The Morgan fingerprint density at radius 2 is 1.81 bits per heavy atom. The highest BCUT2D eigenvalue weighted by molar-refractivity contribution is 6.45. The van der Waals surface area contributed by atoms with E-state index in [-0.39, 0.29) is 5.41 Å². The highest BCUT2D eigenvalue weighted by Gasteiger charge is 2.48. The number of benzene rings is 1. The number of fused-ring (bicyclic) bond motifs is 1. The lowest BCUT2D eigenvalue weighted by Gasteiger charge is -2.38. The van der Waals surface area contributed by atoms with Crippen LogP contribution in [-0.2, 0) is 9.63 Å². The second-order valence-electron chi connectivity index (χ2n) is 8.01. The topological polar surface area (TPSA) is 74.4 Å². The van der Waals surface area contributed by atoms with Gasteiger partial charge in [0.05, 0.1) is 11.3 Å². The van der Waals surface area contributed by atoms with Gasteiger partial charge in [0, 0.05) is 36.8 Å². The zero-order valence-corrected chi connectivity index (χ0v) is 16.1. The zero-order valence-electron chi connectivity index (χ0n) is 16.1. The molecule has 0 bridgehead atoms. The summed E-state index contributed by atoms with van der Waals surface area (Å²) in [4.78, 5) is 35.9. The summed E-state index contributed by atoms with van der Waals surface area (Å²) < 4.78 is 0. The van der Waals surface area contributed by atoms with E-state index in [0.717, 1.165) is 16.5 Å². The van der Waals surface area contributed by atoms with Crippen molar-refractivity contribution in [2.45, 2.75) is 33.3 Å². The Bertz CT molecular complexity index is 918. The molecule has 6 nitrogen and oxygen atoms in total. The third-order valence-corrected chi connectivity index (χ3v) is 5.21. The van der Waals surface area contributed by atoms with Crippen LogP contribution in [0.25, 0.3) is 16.5 Å². The number of nitrogens with zero attached hydrogens (tertiary/aromatic N) is 1. The number of H-pyrrole nitrogens is 1. The number of para-hydroxylation sites is 1. The number of amides is 1. The fourth-order valence-electron chi connectivity index (χ4n) is 3.16. The molecule has 6 heteroatoms. The van der Waals surface area contributed by atoms with Crippen molar-refractivity contribution in [1.82, 2.24) is 15.4 Å². The van der Waals surface area contributed by atoms with E-state index in [9.17, 15) is 9.59 Å². The Hall–Kier alpha value is -2.60. The average molecular weight is 355 g/mol. The number of hydroxylamine groups is 1. The number of hydrogen-bond donors (Lipinski definition) is 2. The van der Waals surface area contributed by atoms with Gasteiger partial charge in [0.1, 0.15) is 5.60 Å². The molecule has 2 N–H and O–H groups in total. The van der Waals surface area contributed by atoms with Crippen LogP contribution in [0.1, 0.15) is 43.7 Å². The Balaban J connectivity index is 2.26. The van der Waals surface area contributed by atoms with Crippen LogP contribution in [-0.4, -0.2) is 41.3 Å². The molecule has 1 aliphatic rings. The highest BCUT2D eigenvalue weighted by Crippen LogP contribution is 2.47. The molecule has 2 aromatic rings. The van der Waals surface area contributed by atoms with Crippen LogP contribution in [0.3, 0.4) is 0 Å². The van der Waals surface area contributed by atoms with E-state index in [1.54, 1.807) is 20.3 Å². The maximum atomic E-state index is 13.0. The zero-order chi connectivity index (χ0) is 19.3. The molecule has 1 amide bonds. The van der Waals surface area contributed by atoms with Gasteiger partial charge in [-0.3, -0.25) is 19.9 Å². The van der Waals surface area contributed by atoms with E-state index in [4.69, 9.17) is 4.84 Å². The molecular weight excluding hydrogens is 330 g/mol. The van der Waals surface area contributed by atoms with E-state index < -0.39 is 17.3 Å². The lowest BCUT2D eigenvalue weighted by molar-refractivity contribution is -0.124. The number of hydrogen-bond acceptors (Lipinski definition) is 4. The molecule has 1 aromatic carbocycles. The second kappa shape index (κ2) is 5.99. The minimum absolute atomic E-state index is 0.245. The third-order valence-electron chi connectivity index (χ3n) is 5.21. The summed E-state index contributed by atoms with van der Waals surface area (Å²) in [7, 11) is 3.15. The first kappa shape index (κ1) is 18.2. The quantitative estimate of drug-likeness (QED) is 0.655. The van der Waals surface area contributed by atoms with Gasteiger partial charge in [-0.15, -0.1) is 0 Å². The number of likely N-dealkylation sites (N-methyl/N-ethyl adjacent to an activating group) is 1. The van der Waals surface area contributed by atoms with Crippen LogP contribution in [0.15, 0.2) is 30.5 Å². The minimum atomic E-state index is -0.677. The van der Waals surface area contributed by atoms with Crippen LogP contribution in [0.4, 0.5) is 0 Å². The molecule has 1 atom stereocenters. The monoisotopic (exact) mass is 355 g/mol. The molecule has 138 valence electrons. The number of aromatic amines is 1. The highest BCUT2D eigenvalue weighted by atomic mass is 16.7. The number of carbonyl (C=O) groups is 2. The third kappa shape index (κ3) is 2.61. The summed E-state index contributed by atoms with van der Waals surface area (Å²) in [5, 5.41) is 0.728. The van der Waals surface area contributed by atoms with Gasteiger partial charge in [-0.25, -0.2) is 0 Å². The fraction of sp³-hybridized carbons (Fsp3) is 0.400. The van der Waals surface area contributed by atoms with E-state index in [0.29, 0.717) is 11.3 Å². The first-order valence-corrected chi connectivity index (χ1v) is 8.59. The number of rotatable bonds is 3. The van der Waals surface area contributed by atoms with Crippen molar-refractivity contribution in [2.75, 3.05) is 14.1 Å². The van der Waals surface area contributed by atoms with E-state index in [2.05, 4.69) is 31.2 Å². The van der Waals surface area contributed by atoms with Crippen LogP contribution in [0.5, 0.6) is 0 Å². The number of carbonyl (C=O) groups excluding carboxylic acids is 2. The number of aromatic nitrogens is 1. The summed E-state index contributed by atoms with van der Waals surface area (Å²) >= 11 is 0. The molecule has 0 radical (unpaired) electrons. The van der Waals surface area contributed by atoms with Crippen LogP contribution < -0.4 is 5.48 Å². The van der Waals surface area contributed by atoms with Crippen molar-refractivity contribution in [3.8, 4) is 0 Å². The van der Waals surface area contributed by atoms with Crippen molar-refractivity contribution in [2.24, 2.45) is 5.41 Å². The normalized spacial score (nSPS) is 20.0. The van der Waals surface area contributed by atoms with Gasteiger partial charge >= 0.3 is 0 Å². The molecule has 26 heavy (non-hydrogen) atoms. The maximum Gasteiger partial charge on any atom is 0.294 e. The van der Waals surface area contributed by atoms with Crippen molar-refractivity contribution < 1.29 is 14.4 Å². The second-order valence-corrected chi connectivity index (χ2v) is 8.01.